The molecule has 40 heavy (non-hydrogen) atoms. The number of allylic oxidation sites excluding steroid dienone is 2. The summed E-state index contributed by atoms with van der Waals surface area (Å²) in [4.78, 5) is 7.34. The van der Waals surface area contributed by atoms with Crippen LogP contribution in [0.5, 0.6) is 0 Å². The third-order valence-corrected chi connectivity index (χ3v) is 8.46. The van der Waals surface area contributed by atoms with Crippen LogP contribution in [0.1, 0.15) is 155 Å². The largest absolute Gasteiger partial charge is 0.374 e. The summed E-state index contributed by atoms with van der Waals surface area (Å²) in [5.41, 5.74) is 2.28. The van der Waals surface area contributed by atoms with Crippen molar-refractivity contribution in [2.45, 2.75) is 162 Å². The van der Waals surface area contributed by atoms with Gasteiger partial charge in [-0.2, -0.15) is 0 Å². The van der Waals surface area contributed by atoms with Crippen molar-refractivity contribution in [1.82, 2.24) is 9.47 Å². The zero-order valence-corrected chi connectivity index (χ0v) is 26.6. The van der Waals surface area contributed by atoms with E-state index in [-0.39, 0.29) is 0 Å². The van der Waals surface area contributed by atoms with Gasteiger partial charge in [0.25, 0.3) is 0 Å². The summed E-state index contributed by atoms with van der Waals surface area (Å²) in [5, 5.41) is 9.25. The zero-order chi connectivity index (χ0) is 28.5. The minimum Gasteiger partial charge on any atom is -0.374 e. The fourth-order valence-electron chi connectivity index (χ4n) is 5.80. The summed E-state index contributed by atoms with van der Waals surface area (Å²) in [6.07, 6.45) is 35.5. The second-order valence-electron chi connectivity index (χ2n) is 12.2. The van der Waals surface area contributed by atoms with Crippen LogP contribution < -0.4 is 5.36 Å². The van der Waals surface area contributed by atoms with Gasteiger partial charge in [0, 0.05) is 56.4 Å². The lowest BCUT2D eigenvalue weighted by atomic mass is 10.0. The first kappa shape index (κ1) is 34.4. The van der Waals surface area contributed by atoms with Crippen molar-refractivity contribution in [1.29, 1.82) is 5.41 Å². The van der Waals surface area contributed by atoms with E-state index in [9.17, 15) is 0 Å². The first-order chi connectivity index (χ1) is 19.7. The van der Waals surface area contributed by atoms with Gasteiger partial charge in [-0.3, -0.25) is 4.99 Å². The van der Waals surface area contributed by atoms with E-state index >= 15 is 0 Å². The normalized spacial score (nSPS) is 13.6. The van der Waals surface area contributed by atoms with Gasteiger partial charge in [0.2, 0.25) is 0 Å². The van der Waals surface area contributed by atoms with Crippen molar-refractivity contribution in [3.8, 4) is 0 Å². The molecule has 0 fully saturated rings. The number of nitrogens with one attached hydrogen (secondary N) is 1. The standard InChI is InChI=1S/C36H64N4/c1-3-5-7-9-15-19-23-36-33-34(37)24-32-40(36)29-22-18-14-12-11-13-17-21-28-39-30-25-35(26-31-39)38-27-20-16-10-8-6-4-2/h25-26,30-31,33,37H,3-24,27-29,32H2,1-2H3. The molecule has 228 valence electrons. The SMILES string of the molecule is CCCCCCCCN=c1ccn(CCCCCCCCCCN2CCC(=N)C=C2CCCCCCCC)cc1. The van der Waals surface area contributed by atoms with Crippen molar-refractivity contribution < 1.29 is 0 Å². The maximum absolute atomic E-state index is 8.12. The Labute approximate surface area is 248 Å². The molecule has 1 aromatic heterocycles. The Morgan fingerprint density at radius 2 is 1.18 bits per heavy atom. The molecule has 0 amide bonds. The summed E-state index contributed by atoms with van der Waals surface area (Å²) < 4.78 is 2.32. The fourth-order valence-corrected chi connectivity index (χ4v) is 5.80. The smallest absolute Gasteiger partial charge is 0.0603 e. The molecular formula is C36H64N4. The molecule has 1 N–H and O–H groups in total. The molecule has 0 saturated carbocycles. The molecule has 2 rings (SSSR count). The molecule has 4 nitrogen and oxygen atoms in total. The maximum atomic E-state index is 8.12. The molecule has 1 aromatic rings. The maximum Gasteiger partial charge on any atom is 0.0603 e. The molecule has 0 bridgehead atoms. The molecular weight excluding hydrogens is 488 g/mol. The lowest BCUT2D eigenvalue weighted by Gasteiger charge is -2.31. The third kappa shape index (κ3) is 17.1. The van der Waals surface area contributed by atoms with Gasteiger partial charge in [-0.25, -0.2) is 0 Å². The molecule has 1 aliphatic heterocycles. The van der Waals surface area contributed by atoms with Crippen molar-refractivity contribution >= 4 is 5.71 Å². The van der Waals surface area contributed by atoms with E-state index < -0.39 is 0 Å². The number of rotatable bonds is 25. The lowest BCUT2D eigenvalue weighted by molar-refractivity contribution is 0.321. The van der Waals surface area contributed by atoms with Crippen LogP contribution in [0.3, 0.4) is 0 Å². The van der Waals surface area contributed by atoms with Gasteiger partial charge in [-0.15, -0.1) is 0 Å². The van der Waals surface area contributed by atoms with Crippen LogP contribution in [0.4, 0.5) is 0 Å². The molecule has 0 atom stereocenters. The summed E-state index contributed by atoms with van der Waals surface area (Å²) in [6.45, 7) is 8.91. The first-order valence-electron chi connectivity index (χ1n) is 17.4. The van der Waals surface area contributed by atoms with Crippen LogP contribution in [0, 0.1) is 5.41 Å². The van der Waals surface area contributed by atoms with E-state index in [0.29, 0.717) is 0 Å². The summed E-state index contributed by atoms with van der Waals surface area (Å²) in [7, 11) is 0. The quantitative estimate of drug-likeness (QED) is 0.120. The molecule has 4 heteroatoms. The number of pyridine rings is 1. The van der Waals surface area contributed by atoms with E-state index in [1.807, 2.05) is 0 Å². The fraction of sp³-hybridized carbons (Fsp3) is 0.778. The Bertz CT molecular complexity index is 832. The molecule has 0 aliphatic carbocycles. The molecule has 2 heterocycles. The summed E-state index contributed by atoms with van der Waals surface area (Å²) in [6, 6.07) is 4.36. The van der Waals surface area contributed by atoms with Gasteiger partial charge in [-0.1, -0.05) is 117 Å². The zero-order valence-electron chi connectivity index (χ0n) is 26.6. The highest BCUT2D eigenvalue weighted by molar-refractivity contribution is 5.93. The number of hydrogen-bond donors (Lipinski definition) is 1. The molecule has 0 radical (unpaired) electrons. The molecule has 0 unspecified atom stereocenters. The number of nitrogens with zero attached hydrogens (tertiary/aromatic N) is 3. The van der Waals surface area contributed by atoms with E-state index in [2.05, 4.69) is 53.9 Å². The Morgan fingerprint density at radius 3 is 1.80 bits per heavy atom. The topological polar surface area (TPSA) is 44.4 Å². The summed E-state index contributed by atoms with van der Waals surface area (Å²) >= 11 is 0. The number of aryl methyl sites for hydroxylation is 1. The van der Waals surface area contributed by atoms with Crippen molar-refractivity contribution in [2.24, 2.45) is 4.99 Å². The molecule has 0 saturated heterocycles. The van der Waals surface area contributed by atoms with Gasteiger partial charge in [-0.05, 0) is 50.3 Å². The van der Waals surface area contributed by atoms with Crippen molar-refractivity contribution in [3.05, 3.63) is 41.7 Å². The Kier molecular flexibility index (Phi) is 20.5. The first-order valence-corrected chi connectivity index (χ1v) is 17.4. The highest BCUT2D eigenvalue weighted by Crippen LogP contribution is 2.21. The molecule has 1 aliphatic rings. The van der Waals surface area contributed by atoms with Crippen LogP contribution in [0.2, 0.25) is 0 Å². The predicted molar refractivity (Wildman–Crippen MR) is 175 cm³/mol. The monoisotopic (exact) mass is 553 g/mol. The number of aromatic nitrogens is 1. The average molecular weight is 553 g/mol. The number of unbranched alkanes of at least 4 members (excludes halogenated alkanes) is 17. The molecule has 0 aromatic carbocycles. The Morgan fingerprint density at radius 1 is 0.650 bits per heavy atom. The Hall–Kier alpha value is -1.84. The van der Waals surface area contributed by atoms with Gasteiger partial charge >= 0.3 is 0 Å². The van der Waals surface area contributed by atoms with E-state index in [4.69, 9.17) is 10.4 Å². The number of hydrogen-bond acceptors (Lipinski definition) is 3. The third-order valence-electron chi connectivity index (χ3n) is 8.46. The molecule has 0 spiro atoms. The van der Waals surface area contributed by atoms with Crippen molar-refractivity contribution in [2.75, 3.05) is 19.6 Å². The van der Waals surface area contributed by atoms with Gasteiger partial charge < -0.3 is 14.9 Å². The van der Waals surface area contributed by atoms with Gasteiger partial charge in [0.05, 0.1) is 5.36 Å². The van der Waals surface area contributed by atoms with Gasteiger partial charge in [0.15, 0.2) is 0 Å². The lowest BCUT2D eigenvalue weighted by Crippen LogP contribution is -2.30. The van der Waals surface area contributed by atoms with E-state index in [1.165, 1.54) is 147 Å². The average Bonchev–Trinajstić information content (AvgIpc) is 2.97. The van der Waals surface area contributed by atoms with Crippen LogP contribution in [0.25, 0.3) is 0 Å². The van der Waals surface area contributed by atoms with Crippen LogP contribution in [-0.4, -0.2) is 34.8 Å². The van der Waals surface area contributed by atoms with Crippen LogP contribution >= 0.6 is 0 Å². The minimum absolute atomic E-state index is 0.835. The highest BCUT2D eigenvalue weighted by Gasteiger charge is 2.15. The second-order valence-corrected chi connectivity index (χ2v) is 12.2. The summed E-state index contributed by atoms with van der Waals surface area (Å²) in [5.74, 6) is 0. The second kappa shape index (κ2) is 23.8. The van der Waals surface area contributed by atoms with Crippen LogP contribution in [-0.2, 0) is 6.54 Å². The van der Waals surface area contributed by atoms with Crippen molar-refractivity contribution in [3.63, 3.8) is 0 Å². The minimum atomic E-state index is 0.835. The highest BCUT2D eigenvalue weighted by atomic mass is 15.1. The Balaban J connectivity index is 1.46. The van der Waals surface area contributed by atoms with E-state index in [0.717, 1.165) is 37.1 Å². The predicted octanol–water partition coefficient (Wildman–Crippen LogP) is 10.2. The van der Waals surface area contributed by atoms with Crippen LogP contribution in [0.15, 0.2) is 41.3 Å². The van der Waals surface area contributed by atoms with E-state index in [1.54, 1.807) is 0 Å². The van der Waals surface area contributed by atoms with Gasteiger partial charge in [0.1, 0.15) is 0 Å².